The molecule has 1 aliphatic heterocycles. The number of nitrogens with zero attached hydrogens (tertiary/aromatic N) is 2. The van der Waals surface area contributed by atoms with Gasteiger partial charge in [-0.25, -0.2) is 8.42 Å². The molecule has 1 aromatic carbocycles. The van der Waals surface area contributed by atoms with Crippen LogP contribution in [-0.2, 0) is 19.6 Å². The Kier molecular flexibility index (Phi) is 6.47. The quantitative estimate of drug-likeness (QED) is 0.783. The standard InChI is InChI=1S/C19H30N2O4S/c1-7-25-17(6)19(22)20-8-10-21(11-9-20)26(23,24)18-15(4)13(2)12-14(3)16(18)5/h12,17H,7-11H2,1-6H3. The van der Waals surface area contributed by atoms with Crippen molar-refractivity contribution in [3.05, 3.63) is 28.3 Å². The Labute approximate surface area is 157 Å². The number of rotatable bonds is 5. The fourth-order valence-electron chi connectivity index (χ4n) is 3.42. The van der Waals surface area contributed by atoms with Crippen LogP contribution in [0.5, 0.6) is 0 Å². The Bertz CT molecular complexity index is 755. The molecule has 1 atom stereocenters. The van der Waals surface area contributed by atoms with E-state index in [1.165, 1.54) is 4.31 Å². The van der Waals surface area contributed by atoms with Gasteiger partial charge >= 0.3 is 0 Å². The summed E-state index contributed by atoms with van der Waals surface area (Å²) in [6, 6.07) is 2.02. The van der Waals surface area contributed by atoms with Gasteiger partial charge in [0.1, 0.15) is 6.10 Å². The Morgan fingerprint density at radius 1 is 1.08 bits per heavy atom. The number of amides is 1. The lowest BCUT2D eigenvalue weighted by Crippen LogP contribution is -2.52. The second-order valence-corrected chi connectivity index (χ2v) is 8.79. The molecule has 0 bridgehead atoms. The van der Waals surface area contributed by atoms with Gasteiger partial charge in [0.25, 0.3) is 5.91 Å². The molecule has 0 saturated carbocycles. The minimum absolute atomic E-state index is 0.0809. The summed E-state index contributed by atoms with van der Waals surface area (Å²) in [6.45, 7) is 13.0. The summed E-state index contributed by atoms with van der Waals surface area (Å²) in [5, 5.41) is 0. The molecule has 6 nitrogen and oxygen atoms in total. The smallest absolute Gasteiger partial charge is 0.251 e. The average molecular weight is 383 g/mol. The van der Waals surface area contributed by atoms with Crippen LogP contribution in [0.4, 0.5) is 0 Å². The van der Waals surface area contributed by atoms with Crippen molar-refractivity contribution in [3.63, 3.8) is 0 Å². The van der Waals surface area contributed by atoms with E-state index in [0.717, 1.165) is 22.3 Å². The van der Waals surface area contributed by atoms with Gasteiger partial charge in [-0.2, -0.15) is 4.31 Å². The highest BCUT2D eigenvalue weighted by atomic mass is 32.2. The minimum atomic E-state index is -3.58. The summed E-state index contributed by atoms with van der Waals surface area (Å²) < 4.78 is 33.3. The van der Waals surface area contributed by atoms with Gasteiger partial charge in [-0.15, -0.1) is 0 Å². The number of carbonyl (C=O) groups is 1. The van der Waals surface area contributed by atoms with Crippen molar-refractivity contribution in [2.45, 2.75) is 52.5 Å². The molecular formula is C19H30N2O4S. The number of hydrogen-bond acceptors (Lipinski definition) is 4. The lowest BCUT2D eigenvalue weighted by molar-refractivity contribution is -0.143. The lowest BCUT2D eigenvalue weighted by atomic mass is 10.0. The van der Waals surface area contributed by atoms with E-state index in [0.29, 0.717) is 37.7 Å². The molecule has 2 rings (SSSR count). The summed E-state index contributed by atoms with van der Waals surface area (Å²) in [7, 11) is -3.58. The fraction of sp³-hybridized carbons (Fsp3) is 0.632. The SMILES string of the molecule is CCOC(C)C(=O)N1CCN(S(=O)(=O)c2c(C)c(C)cc(C)c2C)CC1. The first-order valence-corrected chi connectivity index (χ1v) is 10.5. The van der Waals surface area contributed by atoms with Crippen molar-refractivity contribution in [2.24, 2.45) is 0 Å². The number of ether oxygens (including phenoxy) is 1. The Morgan fingerprint density at radius 2 is 1.58 bits per heavy atom. The summed E-state index contributed by atoms with van der Waals surface area (Å²) >= 11 is 0. The molecule has 0 aliphatic carbocycles. The molecule has 1 heterocycles. The van der Waals surface area contributed by atoms with Gasteiger partial charge in [-0.3, -0.25) is 4.79 Å². The van der Waals surface area contributed by atoms with Crippen molar-refractivity contribution >= 4 is 15.9 Å². The molecule has 1 aliphatic rings. The number of sulfonamides is 1. The van der Waals surface area contributed by atoms with Gasteiger partial charge in [-0.05, 0) is 63.8 Å². The van der Waals surface area contributed by atoms with Crippen LogP contribution in [0, 0.1) is 27.7 Å². The highest BCUT2D eigenvalue weighted by Gasteiger charge is 2.33. The Balaban J connectivity index is 2.21. The van der Waals surface area contributed by atoms with Crippen LogP contribution >= 0.6 is 0 Å². The molecule has 1 unspecified atom stereocenters. The highest BCUT2D eigenvalue weighted by molar-refractivity contribution is 7.89. The molecule has 0 N–H and O–H groups in total. The van der Waals surface area contributed by atoms with E-state index in [1.54, 1.807) is 11.8 Å². The van der Waals surface area contributed by atoms with E-state index >= 15 is 0 Å². The maximum atomic E-state index is 13.2. The van der Waals surface area contributed by atoms with Crippen LogP contribution in [0.25, 0.3) is 0 Å². The zero-order valence-electron chi connectivity index (χ0n) is 16.6. The molecule has 7 heteroatoms. The summed E-state index contributed by atoms with van der Waals surface area (Å²) in [4.78, 5) is 14.4. The monoisotopic (exact) mass is 382 g/mol. The van der Waals surface area contributed by atoms with Gasteiger partial charge in [0, 0.05) is 32.8 Å². The zero-order valence-corrected chi connectivity index (χ0v) is 17.4. The van der Waals surface area contributed by atoms with Gasteiger partial charge in [-0.1, -0.05) is 6.07 Å². The third kappa shape index (κ3) is 3.94. The topological polar surface area (TPSA) is 66.9 Å². The Morgan fingerprint density at radius 3 is 2.04 bits per heavy atom. The maximum Gasteiger partial charge on any atom is 0.251 e. The predicted octanol–water partition coefficient (Wildman–Crippen LogP) is 2.18. The number of aryl methyl sites for hydroxylation is 2. The van der Waals surface area contributed by atoms with E-state index in [9.17, 15) is 13.2 Å². The first-order chi connectivity index (χ1) is 12.1. The van der Waals surface area contributed by atoms with Crippen LogP contribution in [0.3, 0.4) is 0 Å². The molecule has 26 heavy (non-hydrogen) atoms. The van der Waals surface area contributed by atoms with Crippen LogP contribution in [-0.4, -0.2) is 62.4 Å². The van der Waals surface area contributed by atoms with Crippen LogP contribution < -0.4 is 0 Å². The summed E-state index contributed by atoms with van der Waals surface area (Å²) in [5.41, 5.74) is 3.56. The second-order valence-electron chi connectivity index (χ2n) is 6.92. The first-order valence-electron chi connectivity index (χ1n) is 9.09. The molecule has 146 valence electrons. The van der Waals surface area contributed by atoms with E-state index in [4.69, 9.17) is 4.74 Å². The number of benzene rings is 1. The van der Waals surface area contributed by atoms with Crippen molar-refractivity contribution < 1.29 is 17.9 Å². The van der Waals surface area contributed by atoms with E-state index in [1.807, 2.05) is 40.7 Å². The molecule has 0 aromatic heterocycles. The molecule has 0 radical (unpaired) electrons. The van der Waals surface area contributed by atoms with Crippen molar-refractivity contribution in [2.75, 3.05) is 32.8 Å². The molecule has 1 amide bonds. The lowest BCUT2D eigenvalue weighted by Gasteiger charge is -2.35. The number of carbonyl (C=O) groups excluding carboxylic acids is 1. The molecule has 1 aromatic rings. The average Bonchev–Trinajstić information content (AvgIpc) is 2.59. The maximum absolute atomic E-state index is 13.2. The van der Waals surface area contributed by atoms with Crippen LogP contribution in [0.2, 0.25) is 0 Å². The zero-order chi connectivity index (χ0) is 19.6. The van der Waals surface area contributed by atoms with Crippen LogP contribution in [0.15, 0.2) is 11.0 Å². The summed E-state index contributed by atoms with van der Waals surface area (Å²) in [6.07, 6.45) is -0.493. The molecule has 1 saturated heterocycles. The van der Waals surface area contributed by atoms with Crippen molar-refractivity contribution in [3.8, 4) is 0 Å². The Hall–Kier alpha value is -1.44. The molecular weight excluding hydrogens is 352 g/mol. The van der Waals surface area contributed by atoms with Crippen molar-refractivity contribution in [1.82, 2.24) is 9.21 Å². The fourth-order valence-corrected chi connectivity index (χ4v) is 5.42. The van der Waals surface area contributed by atoms with Gasteiger partial charge in [0.2, 0.25) is 10.0 Å². The third-order valence-electron chi connectivity index (χ3n) is 5.21. The van der Waals surface area contributed by atoms with Crippen molar-refractivity contribution in [1.29, 1.82) is 0 Å². The summed E-state index contributed by atoms with van der Waals surface area (Å²) in [5.74, 6) is -0.0809. The number of piperazine rings is 1. The van der Waals surface area contributed by atoms with E-state index in [2.05, 4.69) is 0 Å². The molecule has 1 fully saturated rings. The van der Waals surface area contributed by atoms with Gasteiger partial charge in [0.05, 0.1) is 4.90 Å². The van der Waals surface area contributed by atoms with E-state index in [-0.39, 0.29) is 5.91 Å². The second kappa shape index (κ2) is 8.06. The van der Waals surface area contributed by atoms with E-state index < -0.39 is 16.1 Å². The minimum Gasteiger partial charge on any atom is -0.369 e. The van der Waals surface area contributed by atoms with Gasteiger partial charge < -0.3 is 9.64 Å². The first kappa shape index (κ1) is 20.9. The largest absolute Gasteiger partial charge is 0.369 e. The molecule has 0 spiro atoms. The normalized spacial score (nSPS) is 17.4. The van der Waals surface area contributed by atoms with Gasteiger partial charge in [0.15, 0.2) is 0 Å². The highest BCUT2D eigenvalue weighted by Crippen LogP contribution is 2.29. The predicted molar refractivity (Wildman–Crippen MR) is 102 cm³/mol. The third-order valence-corrected chi connectivity index (χ3v) is 7.38. The van der Waals surface area contributed by atoms with Crippen LogP contribution in [0.1, 0.15) is 36.1 Å². The number of hydrogen-bond donors (Lipinski definition) is 0.